The first-order chi connectivity index (χ1) is 20.5. The van der Waals surface area contributed by atoms with Crippen LogP contribution in [-0.2, 0) is 14.3 Å². The average molecular weight is 596 g/mol. The number of ether oxygens (including phenoxy) is 1. The van der Waals surface area contributed by atoms with Crippen LogP contribution in [-0.4, -0.2) is 84.2 Å². The van der Waals surface area contributed by atoms with Gasteiger partial charge in [0.2, 0.25) is 0 Å². The highest BCUT2D eigenvalue weighted by Gasteiger charge is 2.47. The van der Waals surface area contributed by atoms with Crippen LogP contribution in [0.25, 0.3) is 28.1 Å². The number of carbonyl (C=O) groups is 2. The smallest absolute Gasteiger partial charge is 0.309 e. The van der Waals surface area contributed by atoms with Gasteiger partial charge in [0.1, 0.15) is 24.1 Å². The summed E-state index contributed by atoms with van der Waals surface area (Å²) in [6.45, 7) is 0. The second-order valence-corrected chi connectivity index (χ2v) is 11.3. The van der Waals surface area contributed by atoms with Gasteiger partial charge in [0, 0.05) is 35.3 Å². The summed E-state index contributed by atoms with van der Waals surface area (Å²) in [6.07, 6.45) is -5.19. The van der Waals surface area contributed by atoms with Gasteiger partial charge < -0.3 is 35.4 Å². The zero-order chi connectivity index (χ0) is 30.8. The quantitative estimate of drug-likeness (QED) is 0.191. The van der Waals surface area contributed by atoms with Crippen molar-refractivity contribution in [3.05, 3.63) is 71.7 Å². The standard InChI is InChI=1S/C32H34FNO9/c33-18-9-7-16(8-10-18)27-21-3-1-2-4-24(21)34-28(17-5-6-17)22(27)12-11-19(35)13-20(36)14-26(37)43-25-15-23(32(41)42)29(38)31(40)30(25)39/h1-4,7-12,17,19-20,23,25,29-31,35-36,38-40H,5-6,13-15H2,(H,41,42)/b12-11+/t19-,20-,23?,25-,29-,30?,31+/m1/s1. The molecule has 0 aliphatic heterocycles. The molecule has 0 saturated heterocycles. The van der Waals surface area contributed by atoms with E-state index in [0.29, 0.717) is 0 Å². The Bertz CT molecular complexity index is 1510. The zero-order valence-corrected chi connectivity index (χ0v) is 23.2. The first kappa shape index (κ1) is 30.7. The van der Waals surface area contributed by atoms with Crippen molar-refractivity contribution < 1.29 is 49.4 Å². The van der Waals surface area contributed by atoms with Crippen molar-refractivity contribution in [2.24, 2.45) is 5.92 Å². The molecule has 2 fully saturated rings. The van der Waals surface area contributed by atoms with Gasteiger partial charge in [-0.2, -0.15) is 0 Å². The van der Waals surface area contributed by atoms with Gasteiger partial charge in [0.15, 0.2) is 0 Å². The van der Waals surface area contributed by atoms with Crippen molar-refractivity contribution in [2.45, 2.75) is 74.6 Å². The Morgan fingerprint density at radius 3 is 2.37 bits per heavy atom. The van der Waals surface area contributed by atoms with Crippen molar-refractivity contribution in [3.63, 3.8) is 0 Å². The summed E-state index contributed by atoms with van der Waals surface area (Å²) < 4.78 is 18.9. The fourth-order valence-electron chi connectivity index (χ4n) is 5.62. The molecule has 10 nitrogen and oxygen atoms in total. The summed E-state index contributed by atoms with van der Waals surface area (Å²) in [5.41, 5.74) is 4.07. The maximum atomic E-state index is 13.8. The Hall–Kier alpha value is -3.74. The second kappa shape index (κ2) is 12.9. The summed E-state index contributed by atoms with van der Waals surface area (Å²) in [7, 11) is 0. The first-order valence-corrected chi connectivity index (χ1v) is 14.2. The minimum atomic E-state index is -1.82. The molecule has 1 aromatic heterocycles. The van der Waals surface area contributed by atoms with Crippen LogP contribution in [0.1, 0.15) is 49.3 Å². The van der Waals surface area contributed by atoms with Gasteiger partial charge in [-0.1, -0.05) is 42.5 Å². The third kappa shape index (κ3) is 6.92. The Morgan fingerprint density at radius 2 is 1.70 bits per heavy atom. The number of carboxylic acids is 1. The number of benzene rings is 2. The van der Waals surface area contributed by atoms with E-state index in [4.69, 9.17) is 9.72 Å². The molecule has 43 heavy (non-hydrogen) atoms. The van der Waals surface area contributed by atoms with E-state index in [1.165, 1.54) is 18.2 Å². The molecule has 11 heteroatoms. The Labute approximate surface area is 246 Å². The molecule has 2 aliphatic rings. The molecule has 6 N–H and O–H groups in total. The third-order valence-corrected chi connectivity index (χ3v) is 8.04. The topological polar surface area (TPSA) is 178 Å². The molecule has 0 bridgehead atoms. The van der Waals surface area contributed by atoms with Crippen molar-refractivity contribution in [1.82, 2.24) is 4.98 Å². The normalized spacial score (nSPS) is 25.5. The lowest BCUT2D eigenvalue weighted by Gasteiger charge is -2.38. The fraction of sp³-hybridized carbons (Fsp3) is 0.406. The molecule has 228 valence electrons. The van der Waals surface area contributed by atoms with Crippen molar-refractivity contribution in [1.29, 1.82) is 0 Å². The first-order valence-electron chi connectivity index (χ1n) is 14.2. The SMILES string of the molecule is O=C(C[C@H](O)C[C@H](O)/C=C/c1c(C2CC2)nc2ccccc2c1-c1ccc(F)cc1)O[C@@H]1CC(C(=O)O)[C@@H](O)[C@H](O)C1O. The second-order valence-electron chi connectivity index (χ2n) is 11.3. The minimum absolute atomic E-state index is 0.233. The van der Waals surface area contributed by atoms with Crippen LogP contribution in [0.5, 0.6) is 0 Å². The molecule has 2 unspecified atom stereocenters. The van der Waals surface area contributed by atoms with Crippen molar-refractivity contribution >= 4 is 28.9 Å². The number of pyridine rings is 1. The maximum absolute atomic E-state index is 13.8. The number of para-hydroxylation sites is 1. The van der Waals surface area contributed by atoms with E-state index in [9.17, 15) is 44.6 Å². The zero-order valence-electron chi connectivity index (χ0n) is 23.2. The molecule has 0 radical (unpaired) electrons. The van der Waals surface area contributed by atoms with E-state index in [0.717, 1.165) is 46.1 Å². The lowest BCUT2D eigenvalue weighted by Crippen LogP contribution is -2.56. The highest BCUT2D eigenvalue weighted by Crippen LogP contribution is 2.45. The molecular weight excluding hydrogens is 561 g/mol. The monoisotopic (exact) mass is 595 g/mol. The summed E-state index contributed by atoms with van der Waals surface area (Å²) in [5.74, 6) is -3.94. The number of aromatic nitrogens is 1. The fourth-order valence-corrected chi connectivity index (χ4v) is 5.62. The molecule has 0 amide bonds. The molecule has 2 saturated carbocycles. The number of aliphatic carboxylic acids is 1. The summed E-state index contributed by atoms with van der Waals surface area (Å²) in [5, 5.41) is 61.3. The molecule has 3 aromatic rings. The highest BCUT2D eigenvalue weighted by atomic mass is 19.1. The number of hydrogen-bond donors (Lipinski definition) is 6. The Kier molecular flexibility index (Phi) is 9.19. The Morgan fingerprint density at radius 1 is 1.00 bits per heavy atom. The predicted octanol–water partition coefficient (Wildman–Crippen LogP) is 2.53. The number of aliphatic hydroxyl groups excluding tert-OH is 5. The predicted molar refractivity (Wildman–Crippen MR) is 153 cm³/mol. The van der Waals surface area contributed by atoms with Crippen LogP contribution >= 0.6 is 0 Å². The molecular formula is C32H34FNO9. The van der Waals surface area contributed by atoms with E-state index in [1.807, 2.05) is 24.3 Å². The van der Waals surface area contributed by atoms with Crippen LogP contribution in [0, 0.1) is 11.7 Å². The summed E-state index contributed by atoms with van der Waals surface area (Å²) in [6, 6.07) is 13.8. The van der Waals surface area contributed by atoms with Gasteiger partial charge in [-0.25, -0.2) is 4.39 Å². The van der Waals surface area contributed by atoms with Crippen LogP contribution in [0.15, 0.2) is 54.6 Å². The summed E-state index contributed by atoms with van der Waals surface area (Å²) >= 11 is 0. The largest absolute Gasteiger partial charge is 0.481 e. The lowest BCUT2D eigenvalue weighted by molar-refractivity contribution is -0.194. The van der Waals surface area contributed by atoms with Gasteiger partial charge in [0.25, 0.3) is 0 Å². The number of esters is 1. The van der Waals surface area contributed by atoms with E-state index < -0.39 is 67.3 Å². The number of aliphatic hydroxyl groups is 5. The lowest BCUT2D eigenvalue weighted by atomic mass is 9.81. The van der Waals surface area contributed by atoms with E-state index >= 15 is 0 Å². The van der Waals surface area contributed by atoms with Crippen LogP contribution in [0.4, 0.5) is 4.39 Å². The van der Waals surface area contributed by atoms with Crippen molar-refractivity contribution in [2.75, 3.05) is 0 Å². The number of fused-ring (bicyclic) bond motifs is 1. The van der Waals surface area contributed by atoms with Gasteiger partial charge in [-0.3, -0.25) is 14.6 Å². The third-order valence-electron chi connectivity index (χ3n) is 8.04. The van der Waals surface area contributed by atoms with Gasteiger partial charge in [0.05, 0.1) is 41.9 Å². The minimum Gasteiger partial charge on any atom is -0.481 e. The van der Waals surface area contributed by atoms with Crippen LogP contribution < -0.4 is 0 Å². The molecule has 0 spiro atoms. The van der Waals surface area contributed by atoms with Gasteiger partial charge in [-0.15, -0.1) is 0 Å². The number of halogens is 1. The average Bonchev–Trinajstić information content (AvgIpc) is 3.81. The molecule has 7 atom stereocenters. The van der Waals surface area contributed by atoms with Gasteiger partial charge >= 0.3 is 11.9 Å². The van der Waals surface area contributed by atoms with Gasteiger partial charge in [-0.05, 0) is 36.6 Å². The summed E-state index contributed by atoms with van der Waals surface area (Å²) in [4.78, 5) is 28.7. The maximum Gasteiger partial charge on any atom is 0.309 e. The number of rotatable bonds is 10. The number of hydrogen-bond acceptors (Lipinski definition) is 9. The number of nitrogens with zero attached hydrogens (tertiary/aromatic N) is 1. The molecule has 2 aliphatic carbocycles. The Balaban J connectivity index is 1.30. The van der Waals surface area contributed by atoms with E-state index in [1.54, 1.807) is 18.2 Å². The van der Waals surface area contributed by atoms with Crippen LogP contribution in [0.2, 0.25) is 0 Å². The highest BCUT2D eigenvalue weighted by molar-refractivity contribution is 5.99. The number of carbonyl (C=O) groups excluding carboxylic acids is 1. The number of carboxylic acid groups (broad SMARTS) is 1. The van der Waals surface area contributed by atoms with E-state index in [-0.39, 0.29) is 18.2 Å². The molecule has 1 heterocycles. The van der Waals surface area contributed by atoms with Crippen molar-refractivity contribution in [3.8, 4) is 11.1 Å². The molecule has 2 aromatic carbocycles. The van der Waals surface area contributed by atoms with Crippen LogP contribution in [0.3, 0.4) is 0 Å². The van der Waals surface area contributed by atoms with E-state index in [2.05, 4.69) is 0 Å². The molecule has 5 rings (SSSR count).